The summed E-state index contributed by atoms with van der Waals surface area (Å²) in [4.78, 5) is 4.51. The second kappa shape index (κ2) is 6.15. The number of nitrogens with zero attached hydrogens (tertiary/aromatic N) is 4. The van der Waals surface area contributed by atoms with Crippen molar-refractivity contribution in [2.45, 2.75) is 12.6 Å². The first kappa shape index (κ1) is 15.6. The number of hydrogen-bond donors (Lipinski definition) is 3. The summed E-state index contributed by atoms with van der Waals surface area (Å²) in [6, 6.07) is 7.81. The van der Waals surface area contributed by atoms with Gasteiger partial charge in [-0.05, 0) is 18.2 Å². The monoisotopic (exact) mass is 338 g/mol. The third-order valence-corrected chi connectivity index (χ3v) is 4.26. The summed E-state index contributed by atoms with van der Waals surface area (Å²) in [7, 11) is 1.56. The van der Waals surface area contributed by atoms with Crippen LogP contribution in [0.5, 0.6) is 0 Å². The SMILES string of the molecule is CO[C@@H](CO)Cn1cc2c(N)nc3cc(-c4cc[nH]n4)ccc3c2n1. The Kier molecular flexibility index (Phi) is 3.83. The highest BCUT2D eigenvalue weighted by Gasteiger charge is 2.14. The molecular weight excluding hydrogens is 320 g/mol. The highest BCUT2D eigenvalue weighted by Crippen LogP contribution is 2.29. The molecule has 128 valence electrons. The molecule has 25 heavy (non-hydrogen) atoms. The van der Waals surface area contributed by atoms with Crippen LogP contribution in [0, 0.1) is 0 Å². The number of pyridine rings is 1. The van der Waals surface area contributed by atoms with Gasteiger partial charge in [0.1, 0.15) is 11.3 Å². The number of hydrogen-bond acceptors (Lipinski definition) is 6. The molecule has 0 aliphatic carbocycles. The van der Waals surface area contributed by atoms with Gasteiger partial charge in [0.25, 0.3) is 0 Å². The minimum absolute atomic E-state index is 0.0752. The van der Waals surface area contributed by atoms with Gasteiger partial charge in [-0.15, -0.1) is 0 Å². The molecule has 0 aliphatic heterocycles. The number of aliphatic hydroxyl groups excluding tert-OH is 1. The van der Waals surface area contributed by atoms with Crippen molar-refractivity contribution >= 4 is 27.6 Å². The number of aromatic nitrogens is 5. The van der Waals surface area contributed by atoms with Crippen LogP contribution in [0.2, 0.25) is 0 Å². The highest BCUT2D eigenvalue weighted by atomic mass is 16.5. The Labute approximate surface area is 143 Å². The van der Waals surface area contributed by atoms with Crippen LogP contribution in [-0.4, -0.2) is 49.9 Å². The van der Waals surface area contributed by atoms with Crippen molar-refractivity contribution in [1.29, 1.82) is 0 Å². The fourth-order valence-electron chi connectivity index (χ4n) is 2.91. The maximum Gasteiger partial charge on any atom is 0.135 e. The van der Waals surface area contributed by atoms with E-state index in [0.717, 1.165) is 33.1 Å². The van der Waals surface area contributed by atoms with E-state index >= 15 is 0 Å². The minimum atomic E-state index is -0.318. The van der Waals surface area contributed by atoms with Gasteiger partial charge < -0.3 is 15.6 Å². The molecule has 0 saturated heterocycles. The van der Waals surface area contributed by atoms with Gasteiger partial charge in [0.15, 0.2) is 0 Å². The normalized spacial score (nSPS) is 12.9. The zero-order chi connectivity index (χ0) is 17.4. The number of nitrogens with one attached hydrogen (secondary N) is 1. The molecule has 0 fully saturated rings. The molecule has 8 heteroatoms. The molecule has 0 amide bonds. The summed E-state index contributed by atoms with van der Waals surface area (Å²) in [5, 5.41) is 22.6. The molecule has 0 spiro atoms. The summed E-state index contributed by atoms with van der Waals surface area (Å²) >= 11 is 0. The van der Waals surface area contributed by atoms with Gasteiger partial charge in [-0.25, -0.2) is 4.98 Å². The van der Waals surface area contributed by atoms with E-state index in [1.54, 1.807) is 18.0 Å². The van der Waals surface area contributed by atoms with Crippen molar-refractivity contribution in [3.05, 3.63) is 36.7 Å². The quantitative estimate of drug-likeness (QED) is 0.509. The average molecular weight is 338 g/mol. The van der Waals surface area contributed by atoms with E-state index in [0.29, 0.717) is 12.4 Å². The molecule has 4 N–H and O–H groups in total. The molecule has 4 aromatic rings. The number of H-pyrrole nitrogens is 1. The Balaban J connectivity index is 1.84. The van der Waals surface area contributed by atoms with Crippen LogP contribution in [0.15, 0.2) is 36.7 Å². The summed E-state index contributed by atoms with van der Waals surface area (Å²) in [6.07, 6.45) is 3.29. The number of fused-ring (bicyclic) bond motifs is 3. The van der Waals surface area contributed by atoms with E-state index in [1.165, 1.54) is 0 Å². The molecular formula is C17H18N6O2. The van der Waals surface area contributed by atoms with Crippen LogP contribution >= 0.6 is 0 Å². The molecule has 3 aromatic heterocycles. The van der Waals surface area contributed by atoms with Gasteiger partial charge in [0, 0.05) is 30.5 Å². The van der Waals surface area contributed by atoms with E-state index in [-0.39, 0.29) is 12.7 Å². The molecule has 0 aliphatic rings. The Bertz CT molecular complexity index is 1020. The molecule has 0 unspecified atom stereocenters. The van der Waals surface area contributed by atoms with Crippen molar-refractivity contribution in [1.82, 2.24) is 25.0 Å². The second-order valence-corrected chi connectivity index (χ2v) is 5.84. The predicted octanol–water partition coefficient (Wildman–Crippen LogP) is 1.56. The van der Waals surface area contributed by atoms with Crippen molar-refractivity contribution in [3.63, 3.8) is 0 Å². The van der Waals surface area contributed by atoms with E-state index in [4.69, 9.17) is 10.5 Å². The lowest BCUT2D eigenvalue weighted by molar-refractivity contribution is 0.0350. The van der Waals surface area contributed by atoms with Gasteiger partial charge in [0.05, 0.1) is 35.9 Å². The Morgan fingerprint density at radius 2 is 2.20 bits per heavy atom. The van der Waals surface area contributed by atoms with Gasteiger partial charge in [-0.3, -0.25) is 9.78 Å². The number of aromatic amines is 1. The Hall–Kier alpha value is -2.97. The number of methoxy groups -OCH3 is 1. The summed E-state index contributed by atoms with van der Waals surface area (Å²) in [5.41, 5.74) is 9.48. The van der Waals surface area contributed by atoms with E-state index in [1.807, 2.05) is 30.5 Å². The van der Waals surface area contributed by atoms with Crippen LogP contribution < -0.4 is 5.73 Å². The zero-order valence-corrected chi connectivity index (χ0v) is 13.7. The third-order valence-electron chi connectivity index (χ3n) is 4.26. The van der Waals surface area contributed by atoms with Crippen LogP contribution in [0.3, 0.4) is 0 Å². The fraction of sp³-hybridized carbons (Fsp3) is 0.235. The lowest BCUT2D eigenvalue weighted by Gasteiger charge is -2.11. The average Bonchev–Trinajstić information content (AvgIpc) is 3.29. The maximum atomic E-state index is 9.30. The van der Waals surface area contributed by atoms with Crippen molar-refractivity contribution < 1.29 is 9.84 Å². The van der Waals surface area contributed by atoms with Gasteiger partial charge >= 0.3 is 0 Å². The van der Waals surface area contributed by atoms with Crippen LogP contribution in [0.25, 0.3) is 33.1 Å². The molecule has 0 saturated carbocycles. The summed E-state index contributed by atoms with van der Waals surface area (Å²) in [5.74, 6) is 0.422. The summed E-state index contributed by atoms with van der Waals surface area (Å²) < 4.78 is 6.94. The molecule has 1 aromatic carbocycles. The standard InChI is InChI=1S/C17H18N6O2/c1-25-11(9-24)7-23-8-13-16(22-23)12-3-2-10(14-4-5-19-21-14)6-15(12)20-17(13)18/h2-6,8,11,24H,7,9H2,1H3,(H2,18,20)(H,19,21)/t11-/m1/s1. The van der Waals surface area contributed by atoms with E-state index in [9.17, 15) is 5.11 Å². The molecule has 3 heterocycles. The topological polar surface area (TPSA) is 115 Å². The van der Waals surface area contributed by atoms with Crippen molar-refractivity contribution in [2.75, 3.05) is 19.5 Å². The molecule has 0 bridgehead atoms. The first-order valence-corrected chi connectivity index (χ1v) is 7.90. The smallest absolute Gasteiger partial charge is 0.135 e. The van der Waals surface area contributed by atoms with Crippen molar-refractivity contribution in [2.24, 2.45) is 0 Å². The first-order valence-electron chi connectivity index (χ1n) is 7.90. The minimum Gasteiger partial charge on any atom is -0.394 e. The lowest BCUT2D eigenvalue weighted by Crippen LogP contribution is -2.22. The van der Waals surface area contributed by atoms with Crippen LogP contribution in [-0.2, 0) is 11.3 Å². The second-order valence-electron chi connectivity index (χ2n) is 5.84. The fourth-order valence-corrected chi connectivity index (χ4v) is 2.91. The Morgan fingerprint density at radius 3 is 2.92 bits per heavy atom. The molecule has 0 radical (unpaired) electrons. The lowest BCUT2D eigenvalue weighted by atomic mass is 10.1. The number of nitrogens with two attached hydrogens (primary N) is 1. The van der Waals surface area contributed by atoms with Gasteiger partial charge in [0.2, 0.25) is 0 Å². The Morgan fingerprint density at radius 1 is 1.32 bits per heavy atom. The maximum absolute atomic E-state index is 9.30. The molecule has 4 rings (SSSR count). The number of anilines is 1. The number of aliphatic hydroxyl groups is 1. The van der Waals surface area contributed by atoms with Crippen LogP contribution in [0.4, 0.5) is 5.82 Å². The highest BCUT2D eigenvalue weighted by molar-refractivity contribution is 6.08. The largest absolute Gasteiger partial charge is 0.394 e. The number of ether oxygens (including phenoxy) is 1. The number of rotatable bonds is 5. The molecule has 1 atom stereocenters. The predicted molar refractivity (Wildman–Crippen MR) is 94.9 cm³/mol. The van der Waals surface area contributed by atoms with E-state index in [2.05, 4.69) is 20.3 Å². The van der Waals surface area contributed by atoms with Gasteiger partial charge in [-0.1, -0.05) is 6.07 Å². The number of benzene rings is 1. The van der Waals surface area contributed by atoms with Crippen LogP contribution in [0.1, 0.15) is 0 Å². The first-order chi connectivity index (χ1) is 12.2. The third kappa shape index (κ3) is 2.71. The van der Waals surface area contributed by atoms with Crippen molar-refractivity contribution in [3.8, 4) is 11.3 Å². The molecule has 8 nitrogen and oxygen atoms in total. The van der Waals surface area contributed by atoms with E-state index < -0.39 is 0 Å². The zero-order valence-electron chi connectivity index (χ0n) is 13.7. The summed E-state index contributed by atoms with van der Waals surface area (Å²) in [6.45, 7) is 0.363. The van der Waals surface area contributed by atoms with Gasteiger partial charge in [-0.2, -0.15) is 10.2 Å². The number of nitrogen functional groups attached to an aromatic ring is 1.